The molecule has 9 heteroatoms. The van der Waals surface area contributed by atoms with Crippen molar-refractivity contribution in [1.29, 1.82) is 0 Å². The number of halogens is 1. The van der Waals surface area contributed by atoms with Crippen molar-refractivity contribution in [2.75, 3.05) is 24.2 Å². The van der Waals surface area contributed by atoms with Gasteiger partial charge in [-0.3, -0.25) is 9.78 Å². The van der Waals surface area contributed by atoms with Crippen molar-refractivity contribution in [3.05, 3.63) is 59.7 Å². The van der Waals surface area contributed by atoms with Gasteiger partial charge in [0, 0.05) is 36.8 Å². The maximum Gasteiger partial charge on any atom is 0.252 e. The maximum atomic E-state index is 14.1. The molecule has 1 aromatic carbocycles. The van der Waals surface area contributed by atoms with E-state index >= 15 is 0 Å². The van der Waals surface area contributed by atoms with Crippen molar-refractivity contribution < 1.29 is 13.9 Å². The van der Waals surface area contributed by atoms with E-state index < -0.39 is 0 Å². The zero-order chi connectivity index (χ0) is 20.9. The Bertz CT molecular complexity index is 1080. The highest BCUT2D eigenvalue weighted by molar-refractivity contribution is 5.95. The third kappa shape index (κ3) is 4.52. The molecule has 30 heavy (non-hydrogen) atoms. The number of carbonyl (C=O) groups excluding carboxylic acids is 1. The molecule has 0 saturated heterocycles. The molecule has 3 aromatic rings. The minimum Gasteiger partial charge on any atom is -0.397 e. The molecule has 2 aliphatic heterocycles. The first kappa shape index (κ1) is 19.7. The zero-order valence-corrected chi connectivity index (χ0v) is 16.2. The Morgan fingerprint density at radius 1 is 1.13 bits per heavy atom. The SMILES string of the molecule is Nc1cc2cnc1-c1ccnc(n1)Nc1ccc(F)c(c1)COCCCCNC2=O. The molecule has 154 valence electrons. The van der Waals surface area contributed by atoms with Crippen LogP contribution in [0.15, 0.2) is 42.7 Å². The largest absolute Gasteiger partial charge is 0.397 e. The molecule has 2 aliphatic rings. The van der Waals surface area contributed by atoms with Gasteiger partial charge in [0.05, 0.1) is 23.6 Å². The summed E-state index contributed by atoms with van der Waals surface area (Å²) in [6.07, 6.45) is 4.51. The highest BCUT2D eigenvalue weighted by Gasteiger charge is 2.13. The van der Waals surface area contributed by atoms with Gasteiger partial charge in [-0.15, -0.1) is 0 Å². The summed E-state index contributed by atoms with van der Waals surface area (Å²) in [4.78, 5) is 25.3. The number of amides is 1. The van der Waals surface area contributed by atoms with Crippen molar-refractivity contribution in [3.8, 4) is 11.4 Å². The fourth-order valence-corrected chi connectivity index (χ4v) is 3.08. The number of hydrogen-bond acceptors (Lipinski definition) is 7. The second-order valence-electron chi connectivity index (χ2n) is 6.87. The van der Waals surface area contributed by atoms with Crippen molar-refractivity contribution in [3.63, 3.8) is 0 Å². The van der Waals surface area contributed by atoms with Crippen molar-refractivity contribution >= 4 is 23.2 Å². The van der Waals surface area contributed by atoms with Gasteiger partial charge in [0.15, 0.2) is 0 Å². The Morgan fingerprint density at radius 2 is 2.03 bits per heavy atom. The Kier molecular flexibility index (Phi) is 5.80. The summed E-state index contributed by atoms with van der Waals surface area (Å²) in [5, 5.41) is 5.90. The molecule has 0 saturated carbocycles. The topological polar surface area (TPSA) is 115 Å². The molecule has 8 nitrogen and oxygen atoms in total. The molecule has 4 heterocycles. The summed E-state index contributed by atoms with van der Waals surface area (Å²) >= 11 is 0. The molecule has 0 spiro atoms. The number of anilines is 3. The van der Waals surface area contributed by atoms with Gasteiger partial charge in [0.2, 0.25) is 5.95 Å². The Morgan fingerprint density at radius 3 is 2.90 bits per heavy atom. The van der Waals surface area contributed by atoms with E-state index in [4.69, 9.17) is 10.5 Å². The predicted octanol–water partition coefficient (Wildman–Crippen LogP) is 3.04. The lowest BCUT2D eigenvalue weighted by molar-refractivity contribution is 0.0944. The van der Waals surface area contributed by atoms with E-state index in [1.54, 1.807) is 30.5 Å². The Balaban J connectivity index is 1.69. The predicted molar refractivity (Wildman–Crippen MR) is 111 cm³/mol. The smallest absolute Gasteiger partial charge is 0.252 e. The van der Waals surface area contributed by atoms with E-state index in [2.05, 4.69) is 25.6 Å². The van der Waals surface area contributed by atoms with Crippen LogP contribution >= 0.6 is 0 Å². The van der Waals surface area contributed by atoms with Crippen LogP contribution in [0.3, 0.4) is 0 Å². The standard InChI is InChI=1S/C21H21FN6O2/c22-16-4-3-15-9-14(16)12-30-8-2-1-6-24-20(29)13-10-17(23)19(26-11-13)18-5-7-25-21(27-15)28-18/h3-5,7,9-11H,1-2,6,8,12,23H2,(H,24,29)(H,25,27,28). The molecular formula is C21H21FN6O2. The number of nitrogens with zero attached hydrogens (tertiary/aromatic N) is 3. The molecule has 4 N–H and O–H groups in total. The summed E-state index contributed by atoms with van der Waals surface area (Å²) in [5.74, 6) is -0.278. The molecule has 2 aromatic heterocycles. The van der Waals surface area contributed by atoms with Crippen LogP contribution in [-0.2, 0) is 11.3 Å². The second-order valence-corrected chi connectivity index (χ2v) is 6.87. The molecule has 0 atom stereocenters. The second kappa shape index (κ2) is 8.83. The number of pyridine rings is 1. The molecule has 0 fully saturated rings. The van der Waals surface area contributed by atoms with Crippen LogP contribution in [0.4, 0.5) is 21.7 Å². The summed E-state index contributed by atoms with van der Waals surface area (Å²) in [6, 6.07) is 7.91. The van der Waals surface area contributed by atoms with Crippen LogP contribution in [0.1, 0.15) is 28.8 Å². The van der Waals surface area contributed by atoms with Crippen molar-refractivity contribution in [2.45, 2.75) is 19.4 Å². The van der Waals surface area contributed by atoms with E-state index in [0.29, 0.717) is 53.0 Å². The third-order valence-electron chi connectivity index (χ3n) is 4.64. The van der Waals surface area contributed by atoms with Crippen molar-refractivity contribution in [2.24, 2.45) is 0 Å². The summed E-state index contributed by atoms with van der Waals surface area (Å²) in [7, 11) is 0. The number of nitrogen functional groups attached to an aromatic ring is 1. The lowest BCUT2D eigenvalue weighted by Crippen LogP contribution is -2.25. The van der Waals surface area contributed by atoms with E-state index in [0.717, 1.165) is 12.8 Å². The molecule has 0 unspecified atom stereocenters. The molecule has 6 bridgehead atoms. The normalized spacial score (nSPS) is 14.8. The number of aromatic nitrogens is 3. The minimum absolute atomic E-state index is 0.152. The average molecular weight is 408 g/mol. The molecular weight excluding hydrogens is 387 g/mol. The van der Waals surface area contributed by atoms with Gasteiger partial charge in [-0.25, -0.2) is 14.4 Å². The highest BCUT2D eigenvalue weighted by Crippen LogP contribution is 2.24. The van der Waals surface area contributed by atoms with Gasteiger partial charge in [0.1, 0.15) is 11.5 Å². The number of carbonyl (C=O) groups is 1. The summed E-state index contributed by atoms with van der Waals surface area (Å²) < 4.78 is 19.7. The quantitative estimate of drug-likeness (QED) is 0.524. The van der Waals surface area contributed by atoms with Crippen LogP contribution in [0.5, 0.6) is 0 Å². The fraction of sp³-hybridized carbons (Fsp3) is 0.238. The fourth-order valence-electron chi connectivity index (χ4n) is 3.08. The lowest BCUT2D eigenvalue weighted by atomic mass is 10.1. The summed E-state index contributed by atoms with van der Waals surface area (Å²) in [6.45, 7) is 1.10. The first-order valence-corrected chi connectivity index (χ1v) is 9.60. The number of hydrogen-bond donors (Lipinski definition) is 3. The molecule has 1 amide bonds. The van der Waals surface area contributed by atoms with E-state index in [1.807, 2.05) is 0 Å². The monoisotopic (exact) mass is 408 g/mol. The van der Waals surface area contributed by atoms with Crippen LogP contribution < -0.4 is 16.4 Å². The van der Waals surface area contributed by atoms with E-state index in [9.17, 15) is 9.18 Å². The van der Waals surface area contributed by atoms with E-state index in [-0.39, 0.29) is 18.3 Å². The first-order valence-electron chi connectivity index (χ1n) is 9.60. The van der Waals surface area contributed by atoms with Crippen LogP contribution in [0.2, 0.25) is 0 Å². The van der Waals surface area contributed by atoms with Crippen molar-refractivity contribution in [1.82, 2.24) is 20.3 Å². The number of benzene rings is 1. The van der Waals surface area contributed by atoms with Gasteiger partial charge < -0.3 is 21.1 Å². The van der Waals surface area contributed by atoms with Gasteiger partial charge >= 0.3 is 0 Å². The lowest BCUT2D eigenvalue weighted by Gasteiger charge is -2.10. The van der Waals surface area contributed by atoms with Gasteiger partial charge in [-0.2, -0.15) is 0 Å². The Hall–Kier alpha value is -3.59. The number of ether oxygens (including phenoxy) is 1. The van der Waals surface area contributed by atoms with Crippen LogP contribution in [-0.4, -0.2) is 34.0 Å². The number of nitrogens with one attached hydrogen (secondary N) is 2. The molecule has 0 aliphatic carbocycles. The third-order valence-corrected chi connectivity index (χ3v) is 4.64. The highest BCUT2D eigenvalue weighted by atomic mass is 19.1. The summed E-state index contributed by atoms with van der Waals surface area (Å²) in [5.41, 5.74) is 8.87. The zero-order valence-electron chi connectivity index (χ0n) is 16.2. The van der Waals surface area contributed by atoms with E-state index in [1.165, 1.54) is 12.3 Å². The number of nitrogens with two attached hydrogens (primary N) is 1. The van der Waals surface area contributed by atoms with Gasteiger partial charge in [-0.1, -0.05) is 0 Å². The molecule has 0 radical (unpaired) electrons. The first-order chi connectivity index (χ1) is 14.6. The van der Waals surface area contributed by atoms with Gasteiger partial charge in [0.25, 0.3) is 5.91 Å². The minimum atomic E-state index is -0.342. The van der Waals surface area contributed by atoms with Crippen LogP contribution in [0.25, 0.3) is 11.4 Å². The van der Waals surface area contributed by atoms with Crippen LogP contribution in [0, 0.1) is 5.82 Å². The average Bonchev–Trinajstić information content (AvgIpc) is 2.74. The molecule has 5 rings (SSSR count). The van der Waals surface area contributed by atoms with Gasteiger partial charge in [-0.05, 0) is 43.2 Å². The Labute approximate surface area is 172 Å². The maximum absolute atomic E-state index is 14.1. The number of fused-ring (bicyclic) bond motifs is 9. The number of rotatable bonds is 0.